The van der Waals surface area contributed by atoms with E-state index in [9.17, 15) is 0 Å². The van der Waals surface area contributed by atoms with Gasteiger partial charge in [-0.15, -0.1) is 0 Å². The monoisotopic (exact) mass is 309 g/mol. The van der Waals surface area contributed by atoms with Crippen LogP contribution < -0.4 is 10.1 Å². The van der Waals surface area contributed by atoms with Crippen LogP contribution in [0.15, 0.2) is 42.5 Å². The SMILES string of the molecule is CC(C)Oc1ccc(NCc2ccc(Cl)cc2Cl)cc1. The van der Waals surface area contributed by atoms with Gasteiger partial charge >= 0.3 is 0 Å². The molecule has 0 aliphatic carbocycles. The molecule has 0 spiro atoms. The molecule has 0 aliphatic heterocycles. The number of halogens is 2. The Labute approximate surface area is 129 Å². The van der Waals surface area contributed by atoms with E-state index in [4.69, 9.17) is 27.9 Å². The van der Waals surface area contributed by atoms with Crippen LogP contribution in [0.2, 0.25) is 10.0 Å². The van der Waals surface area contributed by atoms with E-state index in [0.717, 1.165) is 17.0 Å². The Bertz CT molecular complexity index is 567. The summed E-state index contributed by atoms with van der Waals surface area (Å²) in [5.74, 6) is 0.870. The normalized spacial score (nSPS) is 10.7. The van der Waals surface area contributed by atoms with E-state index in [-0.39, 0.29) is 6.10 Å². The van der Waals surface area contributed by atoms with Gasteiger partial charge < -0.3 is 10.1 Å². The summed E-state index contributed by atoms with van der Waals surface area (Å²) in [6, 6.07) is 13.4. The summed E-state index contributed by atoms with van der Waals surface area (Å²) >= 11 is 12.0. The van der Waals surface area contributed by atoms with Crippen molar-refractivity contribution in [1.82, 2.24) is 0 Å². The first-order valence-electron chi connectivity index (χ1n) is 6.49. The van der Waals surface area contributed by atoms with Gasteiger partial charge in [0.25, 0.3) is 0 Å². The first kappa shape index (κ1) is 15.0. The van der Waals surface area contributed by atoms with Gasteiger partial charge in [-0.25, -0.2) is 0 Å². The van der Waals surface area contributed by atoms with Crippen LogP contribution in [0.3, 0.4) is 0 Å². The van der Waals surface area contributed by atoms with Crippen molar-refractivity contribution >= 4 is 28.9 Å². The summed E-state index contributed by atoms with van der Waals surface area (Å²) in [4.78, 5) is 0. The molecular formula is C16H17Cl2NO. The van der Waals surface area contributed by atoms with Crippen LogP contribution >= 0.6 is 23.2 Å². The molecule has 0 unspecified atom stereocenters. The van der Waals surface area contributed by atoms with E-state index in [1.54, 1.807) is 6.07 Å². The van der Waals surface area contributed by atoms with Crippen molar-refractivity contribution in [2.75, 3.05) is 5.32 Å². The minimum absolute atomic E-state index is 0.182. The Balaban J connectivity index is 1.96. The van der Waals surface area contributed by atoms with E-state index >= 15 is 0 Å². The third-order valence-electron chi connectivity index (χ3n) is 2.72. The fraction of sp³-hybridized carbons (Fsp3) is 0.250. The summed E-state index contributed by atoms with van der Waals surface area (Å²) in [5.41, 5.74) is 2.03. The number of anilines is 1. The van der Waals surface area contributed by atoms with Crippen molar-refractivity contribution in [3.8, 4) is 5.75 Å². The summed E-state index contributed by atoms with van der Waals surface area (Å²) in [7, 11) is 0. The molecule has 4 heteroatoms. The average molecular weight is 310 g/mol. The molecule has 0 radical (unpaired) electrons. The van der Waals surface area contributed by atoms with Crippen LogP contribution in [0.1, 0.15) is 19.4 Å². The van der Waals surface area contributed by atoms with E-state index in [2.05, 4.69) is 5.32 Å². The summed E-state index contributed by atoms with van der Waals surface area (Å²) in [5, 5.41) is 4.64. The zero-order valence-corrected chi connectivity index (χ0v) is 13.0. The lowest BCUT2D eigenvalue weighted by molar-refractivity contribution is 0.242. The molecule has 0 fully saturated rings. The van der Waals surface area contributed by atoms with E-state index in [1.807, 2.05) is 50.2 Å². The zero-order chi connectivity index (χ0) is 14.5. The Morgan fingerprint density at radius 3 is 2.35 bits per heavy atom. The topological polar surface area (TPSA) is 21.3 Å². The molecule has 0 amide bonds. The molecule has 2 rings (SSSR count). The predicted molar refractivity (Wildman–Crippen MR) is 86.0 cm³/mol. The number of hydrogen-bond acceptors (Lipinski definition) is 2. The van der Waals surface area contributed by atoms with Crippen LogP contribution in [-0.4, -0.2) is 6.10 Å². The van der Waals surface area contributed by atoms with Crippen molar-refractivity contribution in [2.24, 2.45) is 0 Å². The summed E-state index contributed by atoms with van der Waals surface area (Å²) in [6.45, 7) is 4.67. The first-order chi connectivity index (χ1) is 9.54. The standard InChI is InChI=1S/C16H17Cl2NO/c1-11(2)20-15-7-5-14(6-8-15)19-10-12-3-4-13(17)9-16(12)18/h3-9,11,19H,10H2,1-2H3. The highest BCUT2D eigenvalue weighted by Gasteiger charge is 2.02. The molecule has 0 saturated heterocycles. The second-order valence-corrected chi connectivity index (χ2v) is 5.62. The molecule has 0 aromatic heterocycles. The van der Waals surface area contributed by atoms with Crippen molar-refractivity contribution in [3.63, 3.8) is 0 Å². The molecule has 0 aliphatic rings. The number of benzene rings is 2. The Kier molecular flexibility index (Phi) is 5.16. The van der Waals surface area contributed by atoms with Gasteiger partial charge in [0.2, 0.25) is 0 Å². The lowest BCUT2D eigenvalue weighted by atomic mass is 10.2. The number of ether oxygens (including phenoxy) is 1. The van der Waals surface area contributed by atoms with Crippen LogP contribution in [0.5, 0.6) is 5.75 Å². The Morgan fingerprint density at radius 2 is 1.75 bits per heavy atom. The quantitative estimate of drug-likeness (QED) is 0.799. The highest BCUT2D eigenvalue weighted by molar-refractivity contribution is 6.35. The maximum Gasteiger partial charge on any atom is 0.119 e. The summed E-state index contributed by atoms with van der Waals surface area (Å²) < 4.78 is 5.60. The van der Waals surface area contributed by atoms with Crippen LogP contribution in [0.4, 0.5) is 5.69 Å². The molecule has 2 aromatic carbocycles. The molecular weight excluding hydrogens is 293 g/mol. The minimum Gasteiger partial charge on any atom is -0.491 e. The third-order valence-corrected chi connectivity index (χ3v) is 3.31. The summed E-state index contributed by atoms with van der Waals surface area (Å²) in [6.07, 6.45) is 0.182. The molecule has 0 saturated carbocycles. The van der Waals surface area contributed by atoms with Crippen molar-refractivity contribution in [3.05, 3.63) is 58.1 Å². The zero-order valence-electron chi connectivity index (χ0n) is 11.5. The van der Waals surface area contributed by atoms with Gasteiger partial charge in [-0.05, 0) is 55.8 Å². The lowest BCUT2D eigenvalue weighted by Crippen LogP contribution is -2.05. The van der Waals surface area contributed by atoms with E-state index < -0.39 is 0 Å². The van der Waals surface area contributed by atoms with E-state index in [1.165, 1.54) is 0 Å². The van der Waals surface area contributed by atoms with Crippen LogP contribution in [0.25, 0.3) is 0 Å². The second-order valence-electron chi connectivity index (χ2n) is 4.78. The fourth-order valence-electron chi connectivity index (χ4n) is 1.79. The highest BCUT2D eigenvalue weighted by Crippen LogP contribution is 2.23. The maximum atomic E-state index is 6.13. The van der Waals surface area contributed by atoms with Gasteiger partial charge in [-0.3, -0.25) is 0 Å². The van der Waals surface area contributed by atoms with Gasteiger partial charge in [0.15, 0.2) is 0 Å². The minimum atomic E-state index is 0.182. The second kappa shape index (κ2) is 6.87. The predicted octanol–water partition coefficient (Wildman–Crippen LogP) is 5.39. The van der Waals surface area contributed by atoms with E-state index in [0.29, 0.717) is 16.6 Å². The van der Waals surface area contributed by atoms with Crippen LogP contribution in [-0.2, 0) is 6.54 Å². The maximum absolute atomic E-state index is 6.13. The average Bonchev–Trinajstić information content (AvgIpc) is 2.39. The molecule has 106 valence electrons. The fourth-order valence-corrected chi connectivity index (χ4v) is 2.26. The van der Waals surface area contributed by atoms with Gasteiger partial charge in [0.1, 0.15) is 5.75 Å². The van der Waals surface area contributed by atoms with Gasteiger partial charge in [-0.1, -0.05) is 29.3 Å². The Morgan fingerprint density at radius 1 is 1.05 bits per heavy atom. The number of hydrogen-bond donors (Lipinski definition) is 1. The molecule has 2 aromatic rings. The third kappa shape index (κ3) is 4.32. The smallest absolute Gasteiger partial charge is 0.119 e. The lowest BCUT2D eigenvalue weighted by Gasteiger charge is -2.11. The van der Waals surface area contributed by atoms with Gasteiger partial charge in [0, 0.05) is 22.3 Å². The molecule has 20 heavy (non-hydrogen) atoms. The van der Waals surface area contributed by atoms with Crippen molar-refractivity contribution < 1.29 is 4.74 Å². The number of rotatable bonds is 5. The molecule has 1 N–H and O–H groups in total. The first-order valence-corrected chi connectivity index (χ1v) is 7.24. The molecule has 0 atom stereocenters. The molecule has 2 nitrogen and oxygen atoms in total. The largest absolute Gasteiger partial charge is 0.491 e. The van der Waals surface area contributed by atoms with Gasteiger partial charge in [0.05, 0.1) is 6.10 Å². The van der Waals surface area contributed by atoms with Gasteiger partial charge in [-0.2, -0.15) is 0 Å². The molecule has 0 bridgehead atoms. The molecule has 0 heterocycles. The van der Waals surface area contributed by atoms with Crippen molar-refractivity contribution in [2.45, 2.75) is 26.5 Å². The highest BCUT2D eigenvalue weighted by atomic mass is 35.5. The number of nitrogens with one attached hydrogen (secondary N) is 1. The van der Waals surface area contributed by atoms with Crippen molar-refractivity contribution in [1.29, 1.82) is 0 Å². The Hall–Kier alpha value is -1.38. The van der Waals surface area contributed by atoms with Crippen LogP contribution in [0, 0.1) is 0 Å².